The van der Waals surface area contributed by atoms with E-state index in [1.165, 1.54) is 41.7 Å². The number of furan rings is 1. The van der Waals surface area contributed by atoms with E-state index >= 15 is 0 Å². The third-order valence-electron chi connectivity index (χ3n) is 4.69. The highest BCUT2D eigenvalue weighted by atomic mass is 32.2. The van der Waals surface area contributed by atoms with Gasteiger partial charge in [0.25, 0.3) is 0 Å². The zero-order valence-electron chi connectivity index (χ0n) is 16.9. The molecule has 0 saturated heterocycles. The summed E-state index contributed by atoms with van der Waals surface area (Å²) in [5.74, 6) is -0.197. The molecule has 0 spiro atoms. The molecule has 0 aliphatic carbocycles. The second-order valence-electron chi connectivity index (χ2n) is 6.96. The minimum atomic E-state index is -3.85. The van der Waals surface area contributed by atoms with Crippen LogP contribution < -0.4 is 9.64 Å². The Hall–Kier alpha value is -3.17. The molecule has 0 radical (unpaired) electrons. The lowest BCUT2D eigenvalue weighted by Gasteiger charge is -2.18. The first-order valence-electron chi connectivity index (χ1n) is 9.42. The van der Waals surface area contributed by atoms with Crippen molar-refractivity contribution in [1.29, 1.82) is 0 Å². The largest absolute Gasteiger partial charge is 0.497 e. The number of rotatable bonds is 7. The first-order chi connectivity index (χ1) is 14.9. The summed E-state index contributed by atoms with van der Waals surface area (Å²) in [6, 6.07) is 15.2. The number of sulfone groups is 1. The lowest BCUT2D eigenvalue weighted by molar-refractivity contribution is -0.116. The fourth-order valence-corrected chi connectivity index (χ4v) is 5.34. The number of methoxy groups -OCH3 is 1. The molecule has 0 fully saturated rings. The maximum atomic E-state index is 13.2. The molecule has 4 rings (SSSR count). The van der Waals surface area contributed by atoms with Crippen molar-refractivity contribution in [2.24, 2.45) is 0 Å². The summed E-state index contributed by atoms with van der Waals surface area (Å²) in [4.78, 5) is 19.1. The molecule has 0 aliphatic heterocycles. The molecule has 4 aromatic rings. The predicted octanol–water partition coefficient (Wildman–Crippen LogP) is 4.21. The molecule has 0 atom stereocenters. The number of aromatic nitrogens is 1. The minimum absolute atomic E-state index is 0.0551. The molecule has 2 heterocycles. The van der Waals surface area contributed by atoms with Crippen LogP contribution >= 0.6 is 11.3 Å². The van der Waals surface area contributed by atoms with E-state index in [4.69, 9.17) is 9.15 Å². The number of thiazole rings is 1. The number of aryl methyl sites for hydroxylation is 1. The van der Waals surface area contributed by atoms with Gasteiger partial charge < -0.3 is 9.15 Å². The Balaban J connectivity index is 1.65. The summed E-state index contributed by atoms with van der Waals surface area (Å²) in [5, 5.41) is 0.423. The molecule has 9 heteroatoms. The van der Waals surface area contributed by atoms with Gasteiger partial charge in [-0.15, -0.1) is 0 Å². The van der Waals surface area contributed by atoms with Gasteiger partial charge in [-0.25, -0.2) is 13.4 Å². The Labute approximate surface area is 183 Å². The van der Waals surface area contributed by atoms with Gasteiger partial charge >= 0.3 is 0 Å². The maximum absolute atomic E-state index is 13.2. The minimum Gasteiger partial charge on any atom is -0.497 e. The van der Waals surface area contributed by atoms with Crippen molar-refractivity contribution in [3.63, 3.8) is 0 Å². The van der Waals surface area contributed by atoms with E-state index in [1.807, 2.05) is 25.1 Å². The van der Waals surface area contributed by atoms with Crippen molar-refractivity contribution in [1.82, 2.24) is 4.98 Å². The number of carbonyl (C=O) groups excluding carboxylic acids is 1. The Bertz CT molecular complexity index is 1310. The van der Waals surface area contributed by atoms with Crippen molar-refractivity contribution in [2.45, 2.75) is 18.4 Å². The van der Waals surface area contributed by atoms with Gasteiger partial charge in [0, 0.05) is 0 Å². The fraction of sp³-hybridized carbons (Fsp3) is 0.182. The summed E-state index contributed by atoms with van der Waals surface area (Å²) in [6.07, 6.45) is 1.51. The molecule has 31 heavy (non-hydrogen) atoms. The second kappa shape index (κ2) is 8.52. The Morgan fingerprint density at radius 1 is 1.16 bits per heavy atom. The lowest BCUT2D eigenvalue weighted by atomic mass is 10.2. The molecule has 160 valence electrons. The van der Waals surface area contributed by atoms with Crippen molar-refractivity contribution >= 4 is 42.4 Å². The molecule has 2 aromatic carbocycles. The highest BCUT2D eigenvalue weighted by Gasteiger charge is 2.27. The van der Waals surface area contributed by atoms with Crippen LogP contribution in [0.5, 0.6) is 5.75 Å². The van der Waals surface area contributed by atoms with Crippen LogP contribution in [0.1, 0.15) is 11.3 Å². The van der Waals surface area contributed by atoms with Crippen molar-refractivity contribution < 1.29 is 22.4 Å². The van der Waals surface area contributed by atoms with Crippen LogP contribution in [0.4, 0.5) is 5.13 Å². The van der Waals surface area contributed by atoms with E-state index in [2.05, 4.69) is 4.98 Å². The molecule has 2 aromatic heterocycles. The Morgan fingerprint density at radius 2 is 1.94 bits per heavy atom. The van der Waals surface area contributed by atoms with Gasteiger partial charge in [-0.2, -0.15) is 0 Å². The number of hydrogen-bond acceptors (Lipinski definition) is 7. The van der Waals surface area contributed by atoms with Crippen LogP contribution in [0, 0.1) is 6.92 Å². The first-order valence-corrected chi connectivity index (χ1v) is 11.9. The lowest BCUT2D eigenvalue weighted by Crippen LogP contribution is -2.35. The van der Waals surface area contributed by atoms with E-state index in [1.54, 1.807) is 24.3 Å². The average molecular weight is 457 g/mol. The van der Waals surface area contributed by atoms with Crippen molar-refractivity contribution in [2.75, 3.05) is 17.8 Å². The van der Waals surface area contributed by atoms with Gasteiger partial charge in [-0.1, -0.05) is 17.4 Å². The van der Waals surface area contributed by atoms with Crippen LogP contribution in [0.2, 0.25) is 0 Å². The highest BCUT2D eigenvalue weighted by molar-refractivity contribution is 7.92. The summed E-state index contributed by atoms with van der Waals surface area (Å²) in [6.45, 7) is 2.06. The van der Waals surface area contributed by atoms with Gasteiger partial charge in [-0.3, -0.25) is 9.69 Å². The summed E-state index contributed by atoms with van der Waals surface area (Å²) in [5.41, 5.74) is 1.83. The number of fused-ring (bicyclic) bond motifs is 1. The number of hydrogen-bond donors (Lipinski definition) is 0. The SMILES string of the molecule is COc1ccc(S(=O)(=O)CC(=O)N(Cc2ccco2)c2nc3ccc(C)cc3s2)cc1. The number of ether oxygens (including phenoxy) is 1. The molecule has 1 amide bonds. The third kappa shape index (κ3) is 4.62. The van der Waals surface area contributed by atoms with Crippen LogP contribution in [-0.4, -0.2) is 32.2 Å². The molecule has 0 saturated carbocycles. The van der Waals surface area contributed by atoms with Crippen LogP contribution in [0.15, 0.2) is 70.2 Å². The second-order valence-corrected chi connectivity index (χ2v) is 9.96. The van der Waals surface area contributed by atoms with Gasteiger partial charge in [0.2, 0.25) is 5.91 Å². The normalized spacial score (nSPS) is 11.5. The van der Waals surface area contributed by atoms with E-state index in [0.29, 0.717) is 16.6 Å². The fourth-order valence-electron chi connectivity index (χ4n) is 3.06. The molecular formula is C22H20N2O5S2. The topological polar surface area (TPSA) is 89.7 Å². The van der Waals surface area contributed by atoms with Crippen LogP contribution in [0.3, 0.4) is 0 Å². The Morgan fingerprint density at radius 3 is 2.61 bits per heavy atom. The summed E-state index contributed by atoms with van der Waals surface area (Å²) < 4.78 is 37.1. The molecule has 0 unspecified atom stereocenters. The zero-order chi connectivity index (χ0) is 22.0. The number of carbonyl (C=O) groups is 1. The molecule has 7 nitrogen and oxygen atoms in total. The van der Waals surface area contributed by atoms with E-state index in [-0.39, 0.29) is 11.4 Å². The molecular weight excluding hydrogens is 436 g/mol. The zero-order valence-corrected chi connectivity index (χ0v) is 18.6. The molecule has 0 aliphatic rings. The van der Waals surface area contributed by atoms with Crippen LogP contribution in [0.25, 0.3) is 10.2 Å². The monoisotopic (exact) mass is 456 g/mol. The van der Waals surface area contributed by atoms with E-state index in [0.717, 1.165) is 15.8 Å². The smallest absolute Gasteiger partial charge is 0.244 e. The maximum Gasteiger partial charge on any atom is 0.244 e. The van der Waals surface area contributed by atoms with Gasteiger partial charge in [0.15, 0.2) is 15.0 Å². The third-order valence-corrected chi connectivity index (χ3v) is 7.35. The van der Waals surface area contributed by atoms with Crippen molar-refractivity contribution in [3.8, 4) is 5.75 Å². The molecule has 0 N–H and O–H groups in total. The quantitative estimate of drug-likeness (QED) is 0.414. The van der Waals surface area contributed by atoms with Gasteiger partial charge in [0.1, 0.15) is 17.3 Å². The van der Waals surface area contributed by atoms with Gasteiger partial charge in [0.05, 0.1) is 35.0 Å². The van der Waals surface area contributed by atoms with Gasteiger partial charge in [-0.05, 0) is 61.0 Å². The predicted molar refractivity (Wildman–Crippen MR) is 119 cm³/mol. The number of amides is 1. The van der Waals surface area contributed by atoms with Crippen LogP contribution in [-0.2, 0) is 21.2 Å². The summed E-state index contributed by atoms with van der Waals surface area (Å²) in [7, 11) is -2.35. The van der Waals surface area contributed by atoms with E-state index in [9.17, 15) is 13.2 Å². The number of benzene rings is 2. The standard InChI is InChI=1S/C22H20N2O5S2/c1-15-5-10-19-20(12-15)30-22(23-19)24(13-17-4-3-11-29-17)21(25)14-31(26,27)18-8-6-16(28-2)7-9-18/h3-12H,13-14H2,1-2H3. The number of anilines is 1. The highest BCUT2D eigenvalue weighted by Crippen LogP contribution is 2.31. The number of nitrogens with zero attached hydrogens (tertiary/aromatic N) is 2. The average Bonchev–Trinajstić information content (AvgIpc) is 3.40. The first kappa shape index (κ1) is 21.1. The van der Waals surface area contributed by atoms with Crippen molar-refractivity contribution in [3.05, 3.63) is 72.2 Å². The Kier molecular flexibility index (Phi) is 5.79. The molecule has 0 bridgehead atoms. The summed E-state index contributed by atoms with van der Waals surface area (Å²) >= 11 is 1.34. The van der Waals surface area contributed by atoms with E-state index < -0.39 is 21.5 Å².